The van der Waals surface area contributed by atoms with Crippen molar-refractivity contribution in [3.05, 3.63) is 60.0 Å². The number of pyridine rings is 2. The number of hydrogen-bond acceptors (Lipinski definition) is 5. The Bertz CT molecular complexity index is 1030. The third-order valence-corrected chi connectivity index (χ3v) is 5.46. The number of nitrogens with two attached hydrogens (primary N) is 1. The Morgan fingerprint density at radius 2 is 2.07 bits per heavy atom. The Morgan fingerprint density at radius 1 is 1.24 bits per heavy atom. The van der Waals surface area contributed by atoms with E-state index in [0.29, 0.717) is 17.3 Å². The van der Waals surface area contributed by atoms with Gasteiger partial charge in [-0.15, -0.1) is 0 Å². The van der Waals surface area contributed by atoms with Crippen molar-refractivity contribution in [2.75, 3.05) is 23.3 Å². The lowest BCUT2D eigenvalue weighted by atomic mass is 10.0. The summed E-state index contributed by atoms with van der Waals surface area (Å²) in [5.41, 5.74) is 10.2. The van der Waals surface area contributed by atoms with Crippen molar-refractivity contribution < 1.29 is 4.79 Å². The maximum atomic E-state index is 12.9. The average Bonchev–Trinajstić information content (AvgIpc) is 2.73. The molecule has 1 fully saturated rings. The molecule has 0 radical (unpaired) electrons. The Hall–Kier alpha value is -2.99. The Balaban J connectivity index is 1.60. The molecule has 29 heavy (non-hydrogen) atoms. The van der Waals surface area contributed by atoms with Gasteiger partial charge in [0, 0.05) is 30.7 Å². The summed E-state index contributed by atoms with van der Waals surface area (Å²) in [5, 5.41) is 4.02. The molecule has 1 unspecified atom stereocenters. The SMILES string of the molecule is CC(C)c1ccc2ccc(C(=O)Nc3cnccc3N3CCCC(N)C3)nc2c1. The molecule has 1 saturated heterocycles. The lowest BCUT2D eigenvalue weighted by Crippen LogP contribution is -2.43. The molecule has 3 aromatic rings. The van der Waals surface area contributed by atoms with Gasteiger partial charge in [-0.2, -0.15) is 0 Å². The fourth-order valence-corrected chi connectivity index (χ4v) is 3.79. The molecule has 0 spiro atoms. The van der Waals surface area contributed by atoms with Gasteiger partial charge in [0.25, 0.3) is 5.91 Å². The fraction of sp³-hybridized carbons (Fsp3) is 0.348. The largest absolute Gasteiger partial charge is 0.368 e. The average molecular weight is 390 g/mol. The number of carbonyl (C=O) groups excluding carboxylic acids is 1. The van der Waals surface area contributed by atoms with Crippen LogP contribution in [0.15, 0.2) is 48.8 Å². The minimum Gasteiger partial charge on any atom is -0.368 e. The molecule has 1 aliphatic rings. The van der Waals surface area contributed by atoms with Crippen LogP contribution in [0, 0.1) is 0 Å². The van der Waals surface area contributed by atoms with Crippen molar-refractivity contribution in [3.63, 3.8) is 0 Å². The van der Waals surface area contributed by atoms with E-state index >= 15 is 0 Å². The molecule has 0 aliphatic carbocycles. The van der Waals surface area contributed by atoms with Gasteiger partial charge in [-0.25, -0.2) is 4.98 Å². The van der Waals surface area contributed by atoms with Crippen molar-refractivity contribution >= 4 is 28.2 Å². The fourth-order valence-electron chi connectivity index (χ4n) is 3.79. The first-order valence-electron chi connectivity index (χ1n) is 10.2. The normalized spacial score (nSPS) is 17.0. The second kappa shape index (κ2) is 8.17. The van der Waals surface area contributed by atoms with Crippen molar-refractivity contribution in [2.45, 2.75) is 38.6 Å². The standard InChI is InChI=1S/C23H27N5O/c1-15(2)17-6-5-16-7-8-19(26-20(16)12-17)23(29)27-21-13-25-10-9-22(21)28-11-3-4-18(24)14-28/h5-10,12-13,15,18H,3-4,11,14,24H2,1-2H3,(H,27,29). The summed E-state index contributed by atoms with van der Waals surface area (Å²) in [6, 6.07) is 12.0. The number of amides is 1. The third-order valence-electron chi connectivity index (χ3n) is 5.46. The number of nitrogens with one attached hydrogen (secondary N) is 1. The summed E-state index contributed by atoms with van der Waals surface area (Å²) in [5.74, 6) is 0.171. The Morgan fingerprint density at radius 3 is 2.86 bits per heavy atom. The van der Waals surface area contributed by atoms with Crippen molar-refractivity contribution in [1.29, 1.82) is 0 Å². The van der Waals surface area contributed by atoms with E-state index in [4.69, 9.17) is 5.73 Å². The molecule has 1 amide bonds. The Kier molecular flexibility index (Phi) is 5.45. The molecule has 150 valence electrons. The zero-order valence-electron chi connectivity index (χ0n) is 16.9. The summed E-state index contributed by atoms with van der Waals surface area (Å²) in [6.07, 6.45) is 5.50. The van der Waals surface area contributed by atoms with Gasteiger partial charge < -0.3 is 16.0 Å². The second-order valence-electron chi connectivity index (χ2n) is 8.00. The van der Waals surface area contributed by atoms with Crippen LogP contribution in [-0.4, -0.2) is 35.0 Å². The zero-order chi connectivity index (χ0) is 20.4. The lowest BCUT2D eigenvalue weighted by Gasteiger charge is -2.33. The molecule has 1 aliphatic heterocycles. The van der Waals surface area contributed by atoms with Crippen molar-refractivity contribution in [2.24, 2.45) is 5.73 Å². The van der Waals surface area contributed by atoms with Crippen LogP contribution in [0.4, 0.5) is 11.4 Å². The molecule has 6 heteroatoms. The molecule has 0 saturated carbocycles. The summed E-state index contributed by atoms with van der Waals surface area (Å²) < 4.78 is 0. The second-order valence-corrected chi connectivity index (χ2v) is 8.00. The maximum absolute atomic E-state index is 12.9. The highest BCUT2D eigenvalue weighted by Gasteiger charge is 2.20. The van der Waals surface area contributed by atoms with Gasteiger partial charge in [0.15, 0.2) is 0 Å². The third kappa shape index (κ3) is 4.22. The molecular formula is C23H27N5O. The number of nitrogens with zero attached hydrogens (tertiary/aromatic N) is 3. The number of carbonyl (C=O) groups is 1. The molecule has 2 aromatic heterocycles. The monoisotopic (exact) mass is 389 g/mol. The minimum atomic E-state index is -0.239. The molecule has 4 rings (SSSR count). The van der Waals surface area contributed by atoms with E-state index in [9.17, 15) is 4.79 Å². The van der Waals surface area contributed by atoms with E-state index in [0.717, 1.165) is 42.5 Å². The van der Waals surface area contributed by atoms with E-state index in [2.05, 4.69) is 52.2 Å². The molecule has 3 heterocycles. The number of benzene rings is 1. The number of aromatic nitrogens is 2. The lowest BCUT2D eigenvalue weighted by molar-refractivity contribution is 0.102. The van der Waals surface area contributed by atoms with E-state index in [-0.39, 0.29) is 11.9 Å². The minimum absolute atomic E-state index is 0.151. The topological polar surface area (TPSA) is 84.1 Å². The van der Waals surface area contributed by atoms with Gasteiger partial charge in [-0.1, -0.05) is 32.0 Å². The van der Waals surface area contributed by atoms with Gasteiger partial charge in [0.1, 0.15) is 5.69 Å². The van der Waals surface area contributed by atoms with Crippen LogP contribution in [0.2, 0.25) is 0 Å². The van der Waals surface area contributed by atoms with E-state index in [1.165, 1.54) is 5.56 Å². The summed E-state index contributed by atoms with van der Waals surface area (Å²) in [6.45, 7) is 5.99. The van der Waals surface area contributed by atoms with Gasteiger partial charge >= 0.3 is 0 Å². The first-order valence-corrected chi connectivity index (χ1v) is 10.2. The smallest absolute Gasteiger partial charge is 0.274 e. The molecule has 6 nitrogen and oxygen atoms in total. The van der Waals surface area contributed by atoms with E-state index in [1.807, 2.05) is 12.1 Å². The quantitative estimate of drug-likeness (QED) is 0.706. The Labute approximate surface area is 171 Å². The van der Waals surface area contributed by atoms with Crippen molar-refractivity contribution in [3.8, 4) is 0 Å². The summed E-state index contributed by atoms with van der Waals surface area (Å²) >= 11 is 0. The number of piperidine rings is 1. The van der Waals surface area contributed by atoms with Crippen LogP contribution in [0.1, 0.15) is 48.7 Å². The van der Waals surface area contributed by atoms with E-state index in [1.54, 1.807) is 18.5 Å². The highest BCUT2D eigenvalue weighted by molar-refractivity contribution is 6.05. The van der Waals surface area contributed by atoms with Crippen LogP contribution < -0.4 is 16.0 Å². The van der Waals surface area contributed by atoms with Crippen LogP contribution in [0.3, 0.4) is 0 Å². The van der Waals surface area contributed by atoms with Crippen LogP contribution in [0.5, 0.6) is 0 Å². The van der Waals surface area contributed by atoms with Gasteiger partial charge in [-0.3, -0.25) is 9.78 Å². The number of anilines is 2. The number of rotatable bonds is 4. The predicted octanol–water partition coefficient (Wildman–Crippen LogP) is 3.93. The highest BCUT2D eigenvalue weighted by atomic mass is 16.1. The van der Waals surface area contributed by atoms with Gasteiger partial charge in [0.05, 0.1) is 23.1 Å². The zero-order valence-corrected chi connectivity index (χ0v) is 16.9. The first-order chi connectivity index (χ1) is 14.0. The number of hydrogen-bond donors (Lipinski definition) is 2. The van der Waals surface area contributed by atoms with E-state index < -0.39 is 0 Å². The number of fused-ring (bicyclic) bond motifs is 1. The van der Waals surface area contributed by atoms with Crippen LogP contribution in [0.25, 0.3) is 10.9 Å². The van der Waals surface area contributed by atoms with Gasteiger partial charge in [0.2, 0.25) is 0 Å². The molecule has 1 aromatic carbocycles. The first kappa shape index (κ1) is 19.3. The van der Waals surface area contributed by atoms with Crippen LogP contribution in [-0.2, 0) is 0 Å². The van der Waals surface area contributed by atoms with Crippen molar-refractivity contribution in [1.82, 2.24) is 9.97 Å². The molecule has 0 bridgehead atoms. The predicted molar refractivity (Wildman–Crippen MR) is 117 cm³/mol. The highest BCUT2D eigenvalue weighted by Crippen LogP contribution is 2.28. The van der Waals surface area contributed by atoms with Crippen LogP contribution >= 0.6 is 0 Å². The summed E-state index contributed by atoms with van der Waals surface area (Å²) in [4.78, 5) is 23.9. The molecular weight excluding hydrogens is 362 g/mol. The molecule has 1 atom stereocenters. The maximum Gasteiger partial charge on any atom is 0.274 e. The molecule has 3 N–H and O–H groups in total. The van der Waals surface area contributed by atoms with Gasteiger partial charge in [-0.05, 0) is 42.5 Å². The summed E-state index contributed by atoms with van der Waals surface area (Å²) in [7, 11) is 0.